The summed E-state index contributed by atoms with van der Waals surface area (Å²) in [6, 6.07) is 5.63. The summed E-state index contributed by atoms with van der Waals surface area (Å²) < 4.78 is 40.1. The predicted octanol–water partition coefficient (Wildman–Crippen LogP) is 5.29. The highest BCUT2D eigenvalue weighted by atomic mass is 79.9. The number of rotatable bonds is 3. The Morgan fingerprint density at radius 1 is 1.16 bits per heavy atom. The zero-order valence-electron chi connectivity index (χ0n) is 13.4. The second-order valence-electron chi connectivity index (χ2n) is 5.63. The third-order valence-corrected chi connectivity index (χ3v) is 4.39. The molecule has 2 aromatic heterocycles. The van der Waals surface area contributed by atoms with E-state index in [1.165, 1.54) is 19.3 Å². The molecular weight excluding hydrogens is 397 g/mol. The molecule has 1 aromatic carbocycles. The molecule has 0 aliphatic carbocycles. The molecule has 0 unspecified atom stereocenters. The van der Waals surface area contributed by atoms with Gasteiger partial charge in [-0.15, -0.1) is 0 Å². The number of pyridine rings is 1. The second kappa shape index (κ2) is 6.59. The Labute approximate surface area is 150 Å². The molecule has 0 aliphatic heterocycles. The first kappa shape index (κ1) is 17.6. The lowest BCUT2D eigenvalue weighted by atomic mass is 9.97. The highest BCUT2D eigenvalue weighted by Gasteiger charge is 2.33. The van der Waals surface area contributed by atoms with Crippen LogP contribution in [0, 0.1) is 6.92 Å². The van der Waals surface area contributed by atoms with Gasteiger partial charge in [0.25, 0.3) is 0 Å². The molecule has 0 fully saturated rings. The third kappa shape index (κ3) is 3.58. The molecular formula is C17H14BrF3N4. The molecule has 3 rings (SSSR count). The molecule has 0 saturated heterocycles. The van der Waals surface area contributed by atoms with Crippen molar-refractivity contribution in [3.05, 3.63) is 58.0 Å². The Morgan fingerprint density at radius 3 is 2.64 bits per heavy atom. The molecule has 0 radical (unpaired) electrons. The van der Waals surface area contributed by atoms with Crippen molar-refractivity contribution >= 4 is 32.8 Å². The molecule has 4 nitrogen and oxygen atoms in total. The van der Waals surface area contributed by atoms with Gasteiger partial charge >= 0.3 is 6.18 Å². The quantitative estimate of drug-likeness (QED) is 0.637. The number of anilines is 1. The standard InChI is InChI=1S/C17H14BrF3N4/c1-9-12(4-3-5-14(9)17(19,20)21)10(2)25-16-13-6-11(18)7-22-15(13)23-8-24-16/h3-8,10H,1-2H3,(H,22,23,24,25)/t10-/m1/s1. The lowest BCUT2D eigenvalue weighted by Gasteiger charge is -2.20. The molecule has 3 aromatic rings. The van der Waals surface area contributed by atoms with Crippen molar-refractivity contribution in [1.82, 2.24) is 15.0 Å². The van der Waals surface area contributed by atoms with Crippen molar-refractivity contribution < 1.29 is 13.2 Å². The number of halogens is 4. The fraction of sp³-hybridized carbons (Fsp3) is 0.235. The number of benzene rings is 1. The first-order valence-electron chi connectivity index (χ1n) is 7.47. The van der Waals surface area contributed by atoms with E-state index in [0.717, 1.165) is 10.5 Å². The van der Waals surface area contributed by atoms with Gasteiger partial charge in [-0.1, -0.05) is 12.1 Å². The lowest BCUT2D eigenvalue weighted by Crippen LogP contribution is -2.14. The van der Waals surface area contributed by atoms with E-state index >= 15 is 0 Å². The van der Waals surface area contributed by atoms with E-state index in [1.807, 2.05) is 6.07 Å². The number of hydrogen-bond donors (Lipinski definition) is 1. The molecule has 0 bridgehead atoms. The maximum atomic E-state index is 13.1. The Balaban J connectivity index is 1.99. The Hall–Kier alpha value is -2.22. The van der Waals surface area contributed by atoms with Crippen molar-refractivity contribution in [2.75, 3.05) is 5.32 Å². The minimum absolute atomic E-state index is 0.202. The van der Waals surface area contributed by atoms with Gasteiger partial charge in [0.1, 0.15) is 12.1 Å². The highest BCUT2D eigenvalue weighted by Crippen LogP contribution is 2.35. The van der Waals surface area contributed by atoms with E-state index in [9.17, 15) is 13.2 Å². The van der Waals surface area contributed by atoms with Gasteiger partial charge in [0, 0.05) is 10.7 Å². The Bertz CT molecular complexity index is 927. The van der Waals surface area contributed by atoms with Gasteiger partial charge in [-0.05, 0) is 53.0 Å². The number of hydrogen-bond acceptors (Lipinski definition) is 4. The monoisotopic (exact) mass is 410 g/mol. The van der Waals surface area contributed by atoms with Crippen molar-refractivity contribution in [3.8, 4) is 0 Å². The highest BCUT2D eigenvalue weighted by molar-refractivity contribution is 9.10. The minimum atomic E-state index is -4.38. The summed E-state index contributed by atoms with van der Waals surface area (Å²) in [5.74, 6) is 0.517. The number of alkyl halides is 3. The molecule has 130 valence electrons. The molecule has 0 amide bonds. The lowest BCUT2D eigenvalue weighted by molar-refractivity contribution is -0.138. The molecule has 1 atom stereocenters. The largest absolute Gasteiger partial charge is 0.416 e. The Morgan fingerprint density at radius 2 is 1.92 bits per heavy atom. The van der Waals surface area contributed by atoms with E-state index < -0.39 is 11.7 Å². The summed E-state index contributed by atoms with van der Waals surface area (Å²) in [6.45, 7) is 3.27. The summed E-state index contributed by atoms with van der Waals surface area (Å²) in [7, 11) is 0. The van der Waals surface area contributed by atoms with Crippen molar-refractivity contribution in [3.63, 3.8) is 0 Å². The fourth-order valence-electron chi connectivity index (χ4n) is 2.75. The molecule has 2 heterocycles. The zero-order chi connectivity index (χ0) is 18.2. The van der Waals surface area contributed by atoms with Crippen LogP contribution in [0.2, 0.25) is 0 Å². The molecule has 1 N–H and O–H groups in total. The number of fused-ring (bicyclic) bond motifs is 1. The van der Waals surface area contributed by atoms with Crippen LogP contribution in [0.5, 0.6) is 0 Å². The van der Waals surface area contributed by atoms with Crippen LogP contribution < -0.4 is 5.32 Å². The van der Waals surface area contributed by atoms with Crippen LogP contribution in [0.25, 0.3) is 11.0 Å². The van der Waals surface area contributed by atoms with Crippen molar-refractivity contribution in [2.24, 2.45) is 0 Å². The van der Waals surface area contributed by atoms with Crippen LogP contribution in [-0.2, 0) is 6.18 Å². The second-order valence-corrected chi connectivity index (χ2v) is 6.55. The van der Waals surface area contributed by atoms with Crippen LogP contribution in [-0.4, -0.2) is 15.0 Å². The average molecular weight is 411 g/mol. The minimum Gasteiger partial charge on any atom is -0.363 e. The SMILES string of the molecule is Cc1c([C@@H](C)Nc2ncnc3ncc(Br)cc23)cccc1C(F)(F)F. The van der Waals surface area contributed by atoms with Gasteiger partial charge in [-0.25, -0.2) is 15.0 Å². The van der Waals surface area contributed by atoms with E-state index in [0.29, 0.717) is 22.4 Å². The van der Waals surface area contributed by atoms with Gasteiger partial charge in [-0.3, -0.25) is 0 Å². The van der Waals surface area contributed by atoms with Gasteiger partial charge in [0.15, 0.2) is 5.65 Å². The Kier molecular flexibility index (Phi) is 4.64. The van der Waals surface area contributed by atoms with E-state index in [4.69, 9.17) is 0 Å². The maximum absolute atomic E-state index is 13.1. The summed E-state index contributed by atoms with van der Waals surface area (Å²) >= 11 is 3.35. The van der Waals surface area contributed by atoms with E-state index in [1.54, 1.807) is 19.2 Å². The topological polar surface area (TPSA) is 50.7 Å². The van der Waals surface area contributed by atoms with Crippen LogP contribution in [0.15, 0.2) is 41.3 Å². The van der Waals surface area contributed by atoms with Gasteiger partial charge in [-0.2, -0.15) is 13.2 Å². The van der Waals surface area contributed by atoms with Gasteiger partial charge in [0.2, 0.25) is 0 Å². The van der Waals surface area contributed by atoms with E-state index in [-0.39, 0.29) is 11.6 Å². The molecule has 0 aliphatic rings. The number of aromatic nitrogens is 3. The molecule has 0 saturated carbocycles. The van der Waals surface area contributed by atoms with Crippen LogP contribution >= 0.6 is 15.9 Å². The fourth-order valence-corrected chi connectivity index (χ4v) is 3.08. The van der Waals surface area contributed by atoms with E-state index in [2.05, 4.69) is 36.2 Å². The van der Waals surface area contributed by atoms with Crippen LogP contribution in [0.3, 0.4) is 0 Å². The van der Waals surface area contributed by atoms with Gasteiger partial charge < -0.3 is 5.32 Å². The first-order valence-corrected chi connectivity index (χ1v) is 8.26. The summed E-state index contributed by atoms with van der Waals surface area (Å²) in [5, 5.41) is 3.86. The van der Waals surface area contributed by atoms with Gasteiger partial charge in [0.05, 0.1) is 17.0 Å². The molecule has 25 heavy (non-hydrogen) atoms. The van der Waals surface area contributed by atoms with Crippen molar-refractivity contribution in [1.29, 1.82) is 0 Å². The predicted molar refractivity (Wildman–Crippen MR) is 93.3 cm³/mol. The molecule has 0 spiro atoms. The third-order valence-electron chi connectivity index (χ3n) is 3.96. The number of nitrogens with one attached hydrogen (secondary N) is 1. The first-order chi connectivity index (χ1) is 11.8. The number of nitrogens with zero attached hydrogens (tertiary/aromatic N) is 3. The summed E-state index contributed by atoms with van der Waals surface area (Å²) in [5.41, 5.74) is 0.640. The summed E-state index contributed by atoms with van der Waals surface area (Å²) in [6.07, 6.45) is -1.38. The van der Waals surface area contributed by atoms with Crippen LogP contribution in [0.4, 0.5) is 19.0 Å². The van der Waals surface area contributed by atoms with Crippen molar-refractivity contribution in [2.45, 2.75) is 26.1 Å². The average Bonchev–Trinajstić information content (AvgIpc) is 2.54. The normalized spacial score (nSPS) is 13.0. The maximum Gasteiger partial charge on any atom is 0.416 e. The van der Waals surface area contributed by atoms with Crippen LogP contribution in [0.1, 0.15) is 29.7 Å². The zero-order valence-corrected chi connectivity index (χ0v) is 15.0. The smallest absolute Gasteiger partial charge is 0.363 e. The molecule has 8 heteroatoms. The summed E-state index contributed by atoms with van der Waals surface area (Å²) in [4.78, 5) is 12.5.